The van der Waals surface area contributed by atoms with Crippen LogP contribution in [0.4, 0.5) is 0 Å². The van der Waals surface area contributed by atoms with Gasteiger partial charge in [-0.2, -0.15) is 0 Å². The minimum atomic E-state index is 0.0875. The van der Waals surface area contributed by atoms with Gasteiger partial charge in [0.25, 0.3) is 0 Å². The highest BCUT2D eigenvalue weighted by molar-refractivity contribution is 7.75. The van der Waals surface area contributed by atoms with E-state index in [1.54, 1.807) is 31.1 Å². The molecule has 0 heterocycles. The minimum absolute atomic E-state index is 0.0875. The molecule has 3 nitrogen and oxygen atoms in total. The largest absolute Gasteiger partial charge is 0.429 e. The van der Waals surface area contributed by atoms with E-state index in [1.165, 1.54) is 0 Å². The summed E-state index contributed by atoms with van der Waals surface area (Å²) in [6.45, 7) is 0. The Hall–Kier alpha value is -1.16. The predicted molar refractivity (Wildman–Crippen MR) is 58.5 cm³/mol. The molecule has 0 unspecified atom stereocenters. The fraction of sp³-hybridized carbons (Fsp3) is 0.300. The number of amides is 1. The molecule has 1 rings (SSSR count). The van der Waals surface area contributed by atoms with Crippen molar-refractivity contribution >= 4 is 18.8 Å². The highest BCUT2D eigenvalue weighted by atomic mass is 32.1. The Balaban J connectivity index is 2.64. The molecule has 1 amide bonds. The summed E-state index contributed by atoms with van der Waals surface area (Å²) < 4.78 is 4.72. The van der Waals surface area contributed by atoms with Crippen molar-refractivity contribution in [3.05, 3.63) is 29.8 Å². The fourth-order valence-electron chi connectivity index (χ4n) is 1.00. The molecular weight excluding hydrogens is 198 g/mol. The summed E-state index contributed by atoms with van der Waals surface area (Å²) in [5.41, 5.74) is 0.970. The number of benzene rings is 1. The lowest BCUT2D eigenvalue weighted by molar-refractivity contribution is -0.127. The molecule has 1 aromatic carbocycles. The Morgan fingerprint density at radius 2 is 1.93 bits per heavy atom. The first-order chi connectivity index (χ1) is 6.63. The van der Waals surface area contributed by atoms with Gasteiger partial charge in [-0.1, -0.05) is 12.1 Å². The van der Waals surface area contributed by atoms with Crippen LogP contribution in [0.1, 0.15) is 5.56 Å². The Morgan fingerprint density at radius 3 is 2.36 bits per heavy atom. The zero-order valence-electron chi connectivity index (χ0n) is 8.23. The van der Waals surface area contributed by atoms with E-state index in [0.717, 1.165) is 5.56 Å². The van der Waals surface area contributed by atoms with Gasteiger partial charge in [0.15, 0.2) is 0 Å². The van der Waals surface area contributed by atoms with E-state index in [4.69, 9.17) is 4.18 Å². The number of nitrogens with zero attached hydrogens (tertiary/aromatic N) is 1. The van der Waals surface area contributed by atoms with E-state index >= 15 is 0 Å². The summed E-state index contributed by atoms with van der Waals surface area (Å²) in [5.74, 6) is 0.763. The topological polar surface area (TPSA) is 29.5 Å². The number of thiol groups is 1. The second-order valence-electron chi connectivity index (χ2n) is 3.20. The summed E-state index contributed by atoms with van der Waals surface area (Å²) >= 11 is 3.67. The summed E-state index contributed by atoms with van der Waals surface area (Å²) in [4.78, 5) is 12.9. The fourth-order valence-corrected chi connectivity index (χ4v) is 1.12. The second-order valence-corrected chi connectivity index (χ2v) is 3.38. The maximum atomic E-state index is 11.3. The average Bonchev–Trinajstić information content (AvgIpc) is 2.19. The van der Waals surface area contributed by atoms with E-state index in [0.29, 0.717) is 12.2 Å². The summed E-state index contributed by atoms with van der Waals surface area (Å²) in [6.07, 6.45) is 0.417. The highest BCUT2D eigenvalue weighted by Crippen LogP contribution is 2.13. The zero-order valence-corrected chi connectivity index (χ0v) is 9.12. The van der Waals surface area contributed by atoms with E-state index < -0.39 is 0 Å². The smallest absolute Gasteiger partial charge is 0.226 e. The number of rotatable bonds is 3. The van der Waals surface area contributed by atoms with Gasteiger partial charge in [-0.15, -0.1) is 0 Å². The lowest BCUT2D eigenvalue weighted by Crippen LogP contribution is -2.23. The van der Waals surface area contributed by atoms with Crippen LogP contribution in [0.15, 0.2) is 24.3 Å². The molecule has 0 aliphatic rings. The molecule has 0 spiro atoms. The van der Waals surface area contributed by atoms with Crippen LogP contribution in [-0.4, -0.2) is 24.9 Å². The Labute approximate surface area is 89.3 Å². The number of carbonyl (C=O) groups is 1. The van der Waals surface area contributed by atoms with Crippen molar-refractivity contribution in [2.75, 3.05) is 14.1 Å². The van der Waals surface area contributed by atoms with Crippen LogP contribution < -0.4 is 4.18 Å². The molecule has 0 aliphatic carbocycles. The molecular formula is C10H13NO2S. The first-order valence-electron chi connectivity index (χ1n) is 4.24. The molecule has 0 saturated carbocycles. The number of hydrogen-bond acceptors (Lipinski definition) is 3. The van der Waals surface area contributed by atoms with Gasteiger partial charge < -0.3 is 9.08 Å². The van der Waals surface area contributed by atoms with Crippen LogP contribution in [0.25, 0.3) is 0 Å². The molecule has 0 atom stereocenters. The number of carbonyl (C=O) groups excluding carboxylic acids is 1. The van der Waals surface area contributed by atoms with E-state index in [2.05, 4.69) is 12.9 Å². The standard InChI is InChI=1S/C10H13NO2S/c1-11(2)10(12)7-8-3-5-9(13-14)6-4-8/h3-6,14H,7H2,1-2H3. The van der Waals surface area contributed by atoms with Crippen LogP contribution in [0.5, 0.6) is 5.75 Å². The van der Waals surface area contributed by atoms with Gasteiger partial charge in [-0.25, -0.2) is 0 Å². The van der Waals surface area contributed by atoms with E-state index in [-0.39, 0.29) is 5.91 Å². The van der Waals surface area contributed by atoms with Crippen LogP contribution >= 0.6 is 12.9 Å². The Kier molecular flexibility index (Phi) is 3.83. The highest BCUT2D eigenvalue weighted by Gasteiger charge is 2.04. The monoisotopic (exact) mass is 211 g/mol. The van der Waals surface area contributed by atoms with Crippen molar-refractivity contribution in [1.82, 2.24) is 4.90 Å². The van der Waals surface area contributed by atoms with E-state index in [1.807, 2.05) is 12.1 Å². The van der Waals surface area contributed by atoms with Gasteiger partial charge in [0.2, 0.25) is 5.91 Å². The third kappa shape index (κ3) is 2.96. The van der Waals surface area contributed by atoms with Gasteiger partial charge in [0.1, 0.15) is 5.75 Å². The van der Waals surface area contributed by atoms with Crippen molar-refractivity contribution < 1.29 is 8.98 Å². The molecule has 0 aliphatic heterocycles. The molecule has 0 bridgehead atoms. The number of likely N-dealkylation sites (N-methyl/N-ethyl adjacent to an activating group) is 1. The van der Waals surface area contributed by atoms with Crippen LogP contribution in [-0.2, 0) is 11.2 Å². The summed E-state index contributed by atoms with van der Waals surface area (Å²) in [6, 6.07) is 7.27. The van der Waals surface area contributed by atoms with Crippen molar-refractivity contribution in [3.63, 3.8) is 0 Å². The lowest BCUT2D eigenvalue weighted by Gasteiger charge is -2.09. The van der Waals surface area contributed by atoms with Gasteiger partial charge in [0, 0.05) is 27.0 Å². The quantitative estimate of drug-likeness (QED) is 0.607. The molecule has 0 N–H and O–H groups in total. The summed E-state index contributed by atoms with van der Waals surface area (Å²) in [5, 5.41) is 0. The Bertz CT molecular complexity index is 308. The SMILES string of the molecule is CN(C)C(=O)Cc1ccc(OS)cc1. The molecule has 4 heteroatoms. The molecule has 0 saturated heterocycles. The first-order valence-corrected chi connectivity index (χ1v) is 4.60. The maximum absolute atomic E-state index is 11.3. The maximum Gasteiger partial charge on any atom is 0.226 e. The van der Waals surface area contributed by atoms with Crippen LogP contribution in [0.3, 0.4) is 0 Å². The molecule has 0 fully saturated rings. The number of hydrogen-bond donors (Lipinski definition) is 1. The van der Waals surface area contributed by atoms with Crippen molar-refractivity contribution in [3.8, 4) is 5.75 Å². The van der Waals surface area contributed by atoms with Crippen molar-refractivity contribution in [2.45, 2.75) is 6.42 Å². The molecule has 1 aromatic rings. The predicted octanol–water partition coefficient (Wildman–Crippen LogP) is 1.54. The van der Waals surface area contributed by atoms with Crippen LogP contribution in [0.2, 0.25) is 0 Å². The minimum Gasteiger partial charge on any atom is -0.429 e. The zero-order chi connectivity index (χ0) is 10.6. The molecule has 14 heavy (non-hydrogen) atoms. The summed E-state index contributed by atoms with van der Waals surface area (Å²) in [7, 11) is 3.49. The second kappa shape index (κ2) is 4.91. The van der Waals surface area contributed by atoms with Gasteiger partial charge in [-0.05, 0) is 17.7 Å². The van der Waals surface area contributed by atoms with Crippen LogP contribution in [0, 0.1) is 0 Å². The lowest BCUT2D eigenvalue weighted by atomic mass is 10.1. The van der Waals surface area contributed by atoms with Gasteiger partial charge in [-0.3, -0.25) is 4.79 Å². The average molecular weight is 211 g/mol. The molecule has 76 valence electrons. The van der Waals surface area contributed by atoms with Gasteiger partial charge >= 0.3 is 0 Å². The first kappa shape index (κ1) is 10.9. The van der Waals surface area contributed by atoms with Gasteiger partial charge in [0.05, 0.1) is 6.42 Å². The third-order valence-electron chi connectivity index (χ3n) is 1.88. The van der Waals surface area contributed by atoms with E-state index in [9.17, 15) is 4.79 Å². The molecule has 0 radical (unpaired) electrons. The van der Waals surface area contributed by atoms with Crippen molar-refractivity contribution in [1.29, 1.82) is 0 Å². The Morgan fingerprint density at radius 1 is 1.36 bits per heavy atom. The van der Waals surface area contributed by atoms with Crippen molar-refractivity contribution in [2.24, 2.45) is 0 Å². The molecule has 0 aromatic heterocycles. The third-order valence-corrected chi connectivity index (χ3v) is 2.09. The normalized spacial score (nSPS) is 9.64.